The summed E-state index contributed by atoms with van der Waals surface area (Å²) in [6, 6.07) is 27.5. The third kappa shape index (κ3) is 6.59. The van der Waals surface area contributed by atoms with E-state index in [1.807, 2.05) is 89.6 Å². The predicted octanol–water partition coefficient (Wildman–Crippen LogP) is 6.74. The highest BCUT2D eigenvalue weighted by atomic mass is 16.5. The van der Waals surface area contributed by atoms with Crippen LogP contribution in [0.1, 0.15) is 56.0 Å². The van der Waals surface area contributed by atoms with Crippen molar-refractivity contribution >= 4 is 0 Å². The molecule has 0 spiro atoms. The molecule has 6 heteroatoms. The lowest BCUT2D eigenvalue weighted by atomic mass is 10.0. The molecule has 1 heterocycles. The molecule has 3 aromatic carbocycles. The first-order valence-electron chi connectivity index (χ1n) is 12.9. The molecule has 1 unspecified atom stereocenters. The summed E-state index contributed by atoms with van der Waals surface area (Å²) in [7, 11) is 1.66. The molecule has 0 aliphatic heterocycles. The van der Waals surface area contributed by atoms with Crippen LogP contribution in [0.5, 0.6) is 17.4 Å². The van der Waals surface area contributed by atoms with Crippen molar-refractivity contribution in [3.05, 3.63) is 102 Å². The minimum absolute atomic E-state index is 0.190. The lowest BCUT2D eigenvalue weighted by molar-refractivity contribution is 0.108. The summed E-state index contributed by atoms with van der Waals surface area (Å²) >= 11 is 0. The van der Waals surface area contributed by atoms with Gasteiger partial charge >= 0.3 is 0 Å². The van der Waals surface area contributed by atoms with Crippen LogP contribution in [0.15, 0.2) is 84.9 Å². The Morgan fingerprint density at radius 2 is 1.54 bits per heavy atom. The zero-order chi connectivity index (χ0) is 26.2. The maximum absolute atomic E-state index is 11.0. The molecule has 0 saturated carbocycles. The number of aromatic nitrogens is 2. The first-order chi connectivity index (χ1) is 18.0. The molecule has 1 aromatic heterocycles. The summed E-state index contributed by atoms with van der Waals surface area (Å²) in [5.41, 5.74) is 3.83. The number of benzene rings is 3. The van der Waals surface area contributed by atoms with Gasteiger partial charge in [-0.15, -0.1) is 0 Å². The van der Waals surface area contributed by atoms with E-state index in [2.05, 4.69) is 25.7 Å². The van der Waals surface area contributed by atoms with E-state index in [-0.39, 0.29) is 5.92 Å². The van der Waals surface area contributed by atoms with Gasteiger partial charge in [-0.2, -0.15) is 5.10 Å². The minimum atomic E-state index is -0.578. The molecule has 6 nitrogen and oxygen atoms in total. The van der Waals surface area contributed by atoms with Gasteiger partial charge in [-0.1, -0.05) is 69.3 Å². The van der Waals surface area contributed by atoms with E-state index in [1.165, 1.54) is 0 Å². The third-order valence-corrected chi connectivity index (χ3v) is 6.33. The first kappa shape index (κ1) is 26.5. The monoisotopic (exact) mass is 499 g/mol. The molecule has 0 radical (unpaired) electrons. The van der Waals surface area contributed by atoms with Crippen molar-refractivity contribution in [3.63, 3.8) is 0 Å². The Labute approximate surface area is 220 Å². The molecule has 37 heavy (non-hydrogen) atoms. The fourth-order valence-electron chi connectivity index (χ4n) is 4.47. The second kappa shape index (κ2) is 12.6. The van der Waals surface area contributed by atoms with Crippen LogP contribution in [-0.2, 0) is 6.54 Å². The summed E-state index contributed by atoms with van der Waals surface area (Å²) in [4.78, 5) is 2.29. The predicted molar refractivity (Wildman–Crippen MR) is 148 cm³/mol. The van der Waals surface area contributed by atoms with E-state index in [1.54, 1.807) is 7.11 Å². The standard InChI is InChI=1S/C31H37N3O3/c1-5-20-33(22-29(35)24-12-8-6-9-13-24)21-28-30(23(2)3)32-34(25-16-18-26(36-4)19-17-25)31(28)37-27-14-10-7-11-15-27/h6-19,23,29,35H,5,20-22H2,1-4H3. The van der Waals surface area contributed by atoms with Gasteiger partial charge in [0.1, 0.15) is 11.5 Å². The van der Waals surface area contributed by atoms with E-state index >= 15 is 0 Å². The van der Waals surface area contributed by atoms with Crippen LogP contribution >= 0.6 is 0 Å². The Morgan fingerprint density at radius 1 is 0.892 bits per heavy atom. The van der Waals surface area contributed by atoms with Crippen LogP contribution in [0.3, 0.4) is 0 Å². The highest BCUT2D eigenvalue weighted by molar-refractivity contribution is 5.46. The Bertz CT molecular complexity index is 1240. The van der Waals surface area contributed by atoms with Gasteiger partial charge in [-0.25, -0.2) is 4.68 Å². The summed E-state index contributed by atoms with van der Waals surface area (Å²) < 4.78 is 13.8. The van der Waals surface area contributed by atoms with Crippen LogP contribution < -0.4 is 9.47 Å². The Kier molecular flexibility index (Phi) is 8.99. The second-order valence-corrected chi connectivity index (χ2v) is 9.51. The number of ether oxygens (including phenoxy) is 2. The van der Waals surface area contributed by atoms with Gasteiger partial charge in [0.05, 0.1) is 30.2 Å². The highest BCUT2D eigenvalue weighted by Gasteiger charge is 2.26. The molecule has 0 aliphatic carbocycles. The van der Waals surface area contributed by atoms with Crippen molar-refractivity contribution < 1.29 is 14.6 Å². The lowest BCUT2D eigenvalue weighted by Crippen LogP contribution is -2.29. The normalized spacial score (nSPS) is 12.2. The number of methoxy groups -OCH3 is 1. The van der Waals surface area contributed by atoms with Crippen molar-refractivity contribution in [3.8, 4) is 23.1 Å². The molecule has 1 atom stereocenters. The molecule has 4 aromatic rings. The number of aliphatic hydroxyl groups excluding tert-OH is 1. The average molecular weight is 500 g/mol. The van der Waals surface area contributed by atoms with E-state index in [0.29, 0.717) is 19.0 Å². The van der Waals surface area contributed by atoms with Gasteiger partial charge in [-0.3, -0.25) is 4.90 Å². The van der Waals surface area contributed by atoms with E-state index in [9.17, 15) is 5.11 Å². The summed E-state index contributed by atoms with van der Waals surface area (Å²) in [6.07, 6.45) is 0.394. The van der Waals surface area contributed by atoms with Gasteiger partial charge in [0.25, 0.3) is 0 Å². The highest BCUT2D eigenvalue weighted by Crippen LogP contribution is 2.35. The number of hydrogen-bond donors (Lipinski definition) is 1. The van der Waals surface area contributed by atoms with Crippen molar-refractivity contribution in [1.29, 1.82) is 0 Å². The van der Waals surface area contributed by atoms with Crippen LogP contribution in [-0.4, -0.2) is 40.0 Å². The van der Waals surface area contributed by atoms with Crippen LogP contribution in [0.2, 0.25) is 0 Å². The average Bonchev–Trinajstić information content (AvgIpc) is 3.27. The third-order valence-electron chi connectivity index (χ3n) is 6.33. The fourth-order valence-corrected chi connectivity index (χ4v) is 4.47. The molecular formula is C31H37N3O3. The lowest BCUT2D eigenvalue weighted by Gasteiger charge is -2.25. The number of aliphatic hydroxyl groups is 1. The van der Waals surface area contributed by atoms with Crippen LogP contribution in [0, 0.1) is 0 Å². The largest absolute Gasteiger partial charge is 0.497 e. The van der Waals surface area contributed by atoms with Crippen molar-refractivity contribution in [2.24, 2.45) is 0 Å². The molecular weight excluding hydrogens is 462 g/mol. The SMILES string of the molecule is CCCN(Cc1c(C(C)C)nn(-c2ccc(OC)cc2)c1Oc1ccccc1)CC(O)c1ccccc1. The van der Waals surface area contributed by atoms with Crippen molar-refractivity contribution in [1.82, 2.24) is 14.7 Å². The van der Waals surface area contributed by atoms with Crippen molar-refractivity contribution in [2.75, 3.05) is 20.2 Å². The van der Waals surface area contributed by atoms with Gasteiger partial charge in [0, 0.05) is 13.1 Å². The minimum Gasteiger partial charge on any atom is -0.497 e. The Hall–Kier alpha value is -3.61. The van der Waals surface area contributed by atoms with Crippen molar-refractivity contribution in [2.45, 2.75) is 45.8 Å². The summed E-state index contributed by atoms with van der Waals surface area (Å²) in [5, 5.41) is 16.0. The van der Waals surface area contributed by atoms with E-state index in [4.69, 9.17) is 14.6 Å². The fraction of sp³-hybridized carbons (Fsp3) is 0.323. The van der Waals surface area contributed by atoms with Gasteiger partial charge in [-0.05, 0) is 60.8 Å². The number of nitrogens with zero attached hydrogens (tertiary/aromatic N) is 3. The smallest absolute Gasteiger partial charge is 0.227 e. The molecule has 0 bridgehead atoms. The molecule has 1 N–H and O–H groups in total. The van der Waals surface area contributed by atoms with E-state index in [0.717, 1.165) is 47.0 Å². The quantitative estimate of drug-likeness (QED) is 0.234. The van der Waals surface area contributed by atoms with Gasteiger partial charge in [0.15, 0.2) is 0 Å². The Morgan fingerprint density at radius 3 is 2.14 bits per heavy atom. The molecule has 4 rings (SSSR count). The number of hydrogen-bond acceptors (Lipinski definition) is 5. The first-order valence-corrected chi connectivity index (χ1v) is 12.9. The number of rotatable bonds is 12. The molecule has 0 aliphatic rings. The molecule has 0 fully saturated rings. The maximum Gasteiger partial charge on any atom is 0.227 e. The molecule has 0 saturated heterocycles. The van der Waals surface area contributed by atoms with Gasteiger partial charge in [0.2, 0.25) is 5.88 Å². The summed E-state index contributed by atoms with van der Waals surface area (Å²) in [6.45, 7) is 8.45. The van der Waals surface area contributed by atoms with Gasteiger partial charge < -0.3 is 14.6 Å². The summed E-state index contributed by atoms with van der Waals surface area (Å²) in [5.74, 6) is 2.42. The number of para-hydroxylation sites is 1. The van der Waals surface area contributed by atoms with Crippen LogP contribution in [0.25, 0.3) is 5.69 Å². The zero-order valence-electron chi connectivity index (χ0n) is 22.2. The molecule has 194 valence electrons. The Balaban J connectivity index is 1.75. The topological polar surface area (TPSA) is 59.8 Å². The second-order valence-electron chi connectivity index (χ2n) is 9.51. The van der Waals surface area contributed by atoms with E-state index < -0.39 is 6.10 Å². The molecule has 0 amide bonds. The zero-order valence-corrected chi connectivity index (χ0v) is 22.2. The maximum atomic E-state index is 11.0. The van der Waals surface area contributed by atoms with Crippen LogP contribution in [0.4, 0.5) is 0 Å².